The summed E-state index contributed by atoms with van der Waals surface area (Å²) >= 11 is 0. The Bertz CT molecular complexity index is 383. The number of carbonyl (C=O) groups excluding carboxylic acids is 1. The summed E-state index contributed by atoms with van der Waals surface area (Å²) in [7, 11) is 0. The van der Waals surface area contributed by atoms with Gasteiger partial charge < -0.3 is 10.4 Å². The minimum atomic E-state index is -0.673. The van der Waals surface area contributed by atoms with E-state index in [4.69, 9.17) is 0 Å². The molecule has 1 aromatic heterocycles. The molecule has 1 aromatic rings. The molecule has 0 aromatic carbocycles. The highest BCUT2D eigenvalue weighted by atomic mass is 16.3. The Kier molecular flexibility index (Phi) is 2.92. The average molecular weight is 220 g/mol. The molecule has 4 heteroatoms. The van der Waals surface area contributed by atoms with Crippen LogP contribution in [-0.4, -0.2) is 28.1 Å². The second kappa shape index (κ2) is 4.22. The Morgan fingerprint density at radius 1 is 1.56 bits per heavy atom. The number of carbonyl (C=O) groups is 1. The van der Waals surface area contributed by atoms with Crippen LogP contribution in [0.3, 0.4) is 0 Å². The lowest BCUT2D eigenvalue weighted by atomic mass is 9.80. The Morgan fingerprint density at radius 3 is 2.81 bits per heavy atom. The van der Waals surface area contributed by atoms with E-state index in [0.717, 1.165) is 25.0 Å². The fourth-order valence-electron chi connectivity index (χ4n) is 1.71. The molecule has 1 amide bonds. The summed E-state index contributed by atoms with van der Waals surface area (Å²) in [4.78, 5) is 15.7. The van der Waals surface area contributed by atoms with Crippen LogP contribution in [0.1, 0.15) is 35.3 Å². The third-order valence-electron chi connectivity index (χ3n) is 3.04. The molecule has 1 aliphatic carbocycles. The van der Waals surface area contributed by atoms with Crippen molar-refractivity contribution in [3.8, 4) is 0 Å². The summed E-state index contributed by atoms with van der Waals surface area (Å²) < 4.78 is 0. The number of rotatable bonds is 3. The molecule has 0 saturated heterocycles. The average Bonchev–Trinajstić information content (AvgIpc) is 2.24. The lowest BCUT2D eigenvalue weighted by Crippen LogP contribution is -2.47. The minimum Gasteiger partial charge on any atom is -0.388 e. The van der Waals surface area contributed by atoms with Gasteiger partial charge in [-0.3, -0.25) is 9.78 Å². The van der Waals surface area contributed by atoms with Crippen LogP contribution in [0.5, 0.6) is 0 Å². The number of nitrogens with zero attached hydrogens (tertiary/aromatic N) is 1. The van der Waals surface area contributed by atoms with Gasteiger partial charge in [-0.15, -0.1) is 0 Å². The van der Waals surface area contributed by atoms with Gasteiger partial charge in [0.05, 0.1) is 11.2 Å². The highest BCUT2D eigenvalue weighted by molar-refractivity contribution is 5.93. The van der Waals surface area contributed by atoms with Crippen molar-refractivity contribution in [3.05, 3.63) is 29.6 Å². The second-order valence-electron chi connectivity index (χ2n) is 4.45. The molecule has 1 aliphatic rings. The van der Waals surface area contributed by atoms with Crippen molar-refractivity contribution in [1.29, 1.82) is 0 Å². The first-order valence-electron chi connectivity index (χ1n) is 5.52. The zero-order valence-electron chi connectivity index (χ0n) is 9.36. The summed E-state index contributed by atoms with van der Waals surface area (Å²) in [6.07, 6.45) is 4.15. The van der Waals surface area contributed by atoms with Gasteiger partial charge in [0, 0.05) is 18.4 Å². The van der Waals surface area contributed by atoms with Gasteiger partial charge in [0.1, 0.15) is 0 Å². The Balaban J connectivity index is 1.90. The Morgan fingerprint density at radius 2 is 2.31 bits per heavy atom. The van der Waals surface area contributed by atoms with Gasteiger partial charge in [-0.2, -0.15) is 0 Å². The number of aryl methyl sites for hydroxylation is 1. The van der Waals surface area contributed by atoms with Gasteiger partial charge in [0.2, 0.25) is 0 Å². The van der Waals surface area contributed by atoms with E-state index in [-0.39, 0.29) is 5.91 Å². The molecule has 1 fully saturated rings. The molecule has 1 heterocycles. The van der Waals surface area contributed by atoms with Crippen molar-refractivity contribution in [2.45, 2.75) is 31.8 Å². The van der Waals surface area contributed by atoms with Crippen LogP contribution in [0.15, 0.2) is 18.3 Å². The van der Waals surface area contributed by atoms with Crippen LogP contribution >= 0.6 is 0 Å². The fourth-order valence-corrected chi connectivity index (χ4v) is 1.71. The van der Waals surface area contributed by atoms with Gasteiger partial charge in [0.15, 0.2) is 0 Å². The van der Waals surface area contributed by atoms with Crippen molar-refractivity contribution in [1.82, 2.24) is 10.3 Å². The number of aliphatic hydroxyl groups is 1. The standard InChI is InChI=1S/C12H16N2O2/c1-9-3-4-10(7-13-9)11(15)14-8-12(16)5-2-6-12/h3-4,7,16H,2,5-6,8H2,1H3,(H,14,15). The lowest BCUT2D eigenvalue weighted by molar-refractivity contribution is -0.0300. The predicted molar refractivity (Wildman–Crippen MR) is 60.1 cm³/mol. The first-order valence-corrected chi connectivity index (χ1v) is 5.52. The monoisotopic (exact) mass is 220 g/mol. The largest absolute Gasteiger partial charge is 0.388 e. The third kappa shape index (κ3) is 2.39. The highest BCUT2D eigenvalue weighted by Gasteiger charge is 2.34. The first kappa shape index (κ1) is 11.1. The van der Waals surface area contributed by atoms with E-state index in [1.807, 2.05) is 6.92 Å². The van der Waals surface area contributed by atoms with E-state index in [1.54, 1.807) is 18.3 Å². The van der Waals surface area contributed by atoms with Crippen molar-refractivity contribution in [2.75, 3.05) is 6.54 Å². The SMILES string of the molecule is Cc1ccc(C(=O)NCC2(O)CCC2)cn1. The maximum Gasteiger partial charge on any atom is 0.252 e. The Labute approximate surface area is 94.7 Å². The molecule has 1 saturated carbocycles. The van der Waals surface area contributed by atoms with Gasteiger partial charge in [-0.25, -0.2) is 0 Å². The molecule has 0 radical (unpaired) electrons. The fraction of sp³-hybridized carbons (Fsp3) is 0.500. The first-order chi connectivity index (χ1) is 7.59. The lowest BCUT2D eigenvalue weighted by Gasteiger charge is -2.36. The highest BCUT2D eigenvalue weighted by Crippen LogP contribution is 2.30. The number of pyridine rings is 1. The summed E-state index contributed by atoms with van der Waals surface area (Å²) in [6.45, 7) is 2.21. The van der Waals surface area contributed by atoms with Crippen molar-refractivity contribution in [3.63, 3.8) is 0 Å². The summed E-state index contributed by atoms with van der Waals surface area (Å²) in [5.41, 5.74) is 0.746. The zero-order valence-corrected chi connectivity index (χ0v) is 9.36. The number of amides is 1. The molecule has 2 N–H and O–H groups in total. The van der Waals surface area contributed by atoms with Crippen LogP contribution in [0, 0.1) is 6.92 Å². The number of hydrogen-bond donors (Lipinski definition) is 2. The third-order valence-corrected chi connectivity index (χ3v) is 3.04. The normalized spacial score (nSPS) is 17.6. The topological polar surface area (TPSA) is 62.2 Å². The van der Waals surface area contributed by atoms with Crippen LogP contribution in [0.4, 0.5) is 0 Å². The predicted octanol–water partition coefficient (Wildman–Crippen LogP) is 1.03. The summed E-state index contributed by atoms with van der Waals surface area (Å²) in [5, 5.41) is 12.6. The van der Waals surface area contributed by atoms with Crippen LogP contribution in [0.25, 0.3) is 0 Å². The van der Waals surface area contributed by atoms with Crippen LogP contribution < -0.4 is 5.32 Å². The molecule has 86 valence electrons. The van der Waals surface area contributed by atoms with E-state index in [9.17, 15) is 9.90 Å². The number of hydrogen-bond acceptors (Lipinski definition) is 3. The molecule has 0 spiro atoms. The van der Waals surface area contributed by atoms with Crippen molar-refractivity contribution in [2.24, 2.45) is 0 Å². The van der Waals surface area contributed by atoms with Gasteiger partial charge in [0.25, 0.3) is 5.91 Å². The van der Waals surface area contributed by atoms with Gasteiger partial charge in [-0.1, -0.05) is 0 Å². The minimum absolute atomic E-state index is 0.173. The van der Waals surface area contributed by atoms with Crippen LogP contribution in [0.2, 0.25) is 0 Å². The molecule has 2 rings (SSSR count). The number of aromatic nitrogens is 1. The van der Waals surface area contributed by atoms with Gasteiger partial charge >= 0.3 is 0 Å². The quantitative estimate of drug-likeness (QED) is 0.800. The molecular weight excluding hydrogens is 204 g/mol. The number of nitrogens with one attached hydrogen (secondary N) is 1. The maximum atomic E-state index is 11.7. The van der Waals surface area contributed by atoms with Crippen molar-refractivity contribution >= 4 is 5.91 Å². The molecular formula is C12H16N2O2. The maximum absolute atomic E-state index is 11.7. The van der Waals surface area contributed by atoms with E-state index in [2.05, 4.69) is 10.3 Å². The summed E-state index contributed by atoms with van der Waals surface area (Å²) in [6, 6.07) is 3.54. The van der Waals surface area contributed by atoms with Gasteiger partial charge in [-0.05, 0) is 38.3 Å². The van der Waals surface area contributed by atoms with Crippen molar-refractivity contribution < 1.29 is 9.90 Å². The zero-order chi connectivity index (χ0) is 11.6. The smallest absolute Gasteiger partial charge is 0.252 e. The van der Waals surface area contributed by atoms with E-state index in [0.29, 0.717) is 12.1 Å². The molecule has 0 atom stereocenters. The van der Waals surface area contributed by atoms with Crippen LogP contribution in [-0.2, 0) is 0 Å². The molecule has 16 heavy (non-hydrogen) atoms. The van der Waals surface area contributed by atoms with E-state index < -0.39 is 5.60 Å². The molecule has 0 aliphatic heterocycles. The van der Waals surface area contributed by atoms with E-state index in [1.165, 1.54) is 0 Å². The molecule has 4 nitrogen and oxygen atoms in total. The molecule has 0 bridgehead atoms. The summed E-state index contributed by atoms with van der Waals surface area (Å²) in [5.74, 6) is -0.173. The molecule has 0 unspecified atom stereocenters. The second-order valence-corrected chi connectivity index (χ2v) is 4.45. The van der Waals surface area contributed by atoms with E-state index >= 15 is 0 Å². The Hall–Kier alpha value is -1.42.